The Bertz CT molecular complexity index is 379. The minimum atomic E-state index is 0.482. The van der Waals surface area contributed by atoms with Crippen molar-refractivity contribution in [1.82, 2.24) is 10.4 Å². The molecular weight excluding hydrogens is 190 g/mol. The second-order valence-corrected chi connectivity index (χ2v) is 3.70. The lowest BCUT2D eigenvalue weighted by Gasteiger charge is -2.19. The summed E-state index contributed by atoms with van der Waals surface area (Å²) in [4.78, 5) is 7.52. The van der Waals surface area contributed by atoms with Gasteiger partial charge in [-0.25, -0.2) is 5.43 Å². The summed E-state index contributed by atoms with van der Waals surface area (Å²) in [6.07, 6.45) is 3.10. The molecule has 5 nitrogen and oxygen atoms in total. The van der Waals surface area contributed by atoms with Gasteiger partial charge in [-0.05, 0) is 12.0 Å². The average molecular weight is 207 g/mol. The van der Waals surface area contributed by atoms with Gasteiger partial charge in [-0.15, -0.1) is 0 Å². The molecule has 0 aliphatic carbocycles. The number of H-pyrrole nitrogens is 1. The first-order chi connectivity index (χ1) is 7.27. The zero-order valence-corrected chi connectivity index (χ0v) is 9.09. The number of hydrogen-bond donors (Lipinski definition) is 4. The van der Waals surface area contributed by atoms with E-state index in [1.54, 1.807) is 0 Å². The zero-order chi connectivity index (χ0) is 10.8. The van der Waals surface area contributed by atoms with Gasteiger partial charge in [0.15, 0.2) is 0 Å². The summed E-state index contributed by atoms with van der Waals surface area (Å²) in [5, 5.41) is 0. The van der Waals surface area contributed by atoms with E-state index < -0.39 is 0 Å². The first-order valence-electron chi connectivity index (χ1n) is 5.22. The fraction of sp³-hybridized carbons (Fsp3) is 0.500. The summed E-state index contributed by atoms with van der Waals surface area (Å²) in [5.74, 6) is 2.00. The number of rotatable bonds is 3. The van der Waals surface area contributed by atoms with Gasteiger partial charge < -0.3 is 16.1 Å². The van der Waals surface area contributed by atoms with E-state index in [2.05, 4.69) is 27.8 Å². The molecule has 0 saturated carbocycles. The molecule has 0 unspecified atom stereocenters. The van der Waals surface area contributed by atoms with Crippen molar-refractivity contribution < 1.29 is 0 Å². The second-order valence-electron chi connectivity index (χ2n) is 3.70. The number of aromatic nitrogens is 1. The number of amidine groups is 1. The normalized spacial score (nSPS) is 19.6. The summed E-state index contributed by atoms with van der Waals surface area (Å²) in [7, 11) is 1.82. The van der Waals surface area contributed by atoms with Gasteiger partial charge in [-0.2, -0.15) is 0 Å². The van der Waals surface area contributed by atoms with Crippen molar-refractivity contribution >= 4 is 11.7 Å². The Labute approximate surface area is 89.1 Å². The zero-order valence-electron chi connectivity index (χ0n) is 9.09. The van der Waals surface area contributed by atoms with Gasteiger partial charge in [0.2, 0.25) is 0 Å². The maximum atomic E-state index is 5.90. The summed E-state index contributed by atoms with van der Waals surface area (Å²) >= 11 is 0. The first-order valence-corrected chi connectivity index (χ1v) is 5.22. The van der Waals surface area contributed by atoms with Gasteiger partial charge in [-0.3, -0.25) is 4.99 Å². The number of aliphatic imine (C=N–C) groups is 1. The highest BCUT2D eigenvalue weighted by molar-refractivity contribution is 6.04. The van der Waals surface area contributed by atoms with Crippen LogP contribution in [-0.2, 0) is 0 Å². The number of hydrazine groups is 1. The monoisotopic (exact) mass is 207 g/mol. The molecule has 0 radical (unpaired) electrons. The van der Waals surface area contributed by atoms with Crippen LogP contribution in [0.5, 0.6) is 0 Å². The lowest BCUT2D eigenvalue weighted by molar-refractivity contribution is 0.666. The topological polar surface area (TPSA) is 78.2 Å². The van der Waals surface area contributed by atoms with Crippen LogP contribution >= 0.6 is 0 Å². The molecule has 82 valence electrons. The SMILES string of the molecule is CC[C@@H]1CN=C(N)c2c1c[nH]c2NNC. The second kappa shape index (κ2) is 3.94. The fourth-order valence-electron chi connectivity index (χ4n) is 2.00. The minimum absolute atomic E-state index is 0.482. The van der Waals surface area contributed by atoms with Crippen molar-refractivity contribution in [2.75, 3.05) is 19.0 Å². The van der Waals surface area contributed by atoms with Gasteiger partial charge in [0.25, 0.3) is 0 Å². The van der Waals surface area contributed by atoms with Crippen LogP contribution in [0, 0.1) is 0 Å². The lowest BCUT2D eigenvalue weighted by atomic mass is 9.92. The van der Waals surface area contributed by atoms with Crippen LogP contribution in [0.15, 0.2) is 11.2 Å². The summed E-state index contributed by atoms with van der Waals surface area (Å²) in [6, 6.07) is 0. The highest BCUT2D eigenvalue weighted by atomic mass is 15.4. The van der Waals surface area contributed by atoms with Crippen molar-refractivity contribution in [3.8, 4) is 0 Å². The molecule has 2 heterocycles. The number of nitrogens with two attached hydrogens (primary N) is 1. The first kappa shape index (κ1) is 10.0. The third-order valence-electron chi connectivity index (χ3n) is 2.83. The molecule has 5 N–H and O–H groups in total. The van der Waals surface area contributed by atoms with Crippen LogP contribution in [0.3, 0.4) is 0 Å². The van der Waals surface area contributed by atoms with E-state index >= 15 is 0 Å². The van der Waals surface area contributed by atoms with Gasteiger partial charge in [0.05, 0.1) is 5.56 Å². The summed E-state index contributed by atoms with van der Waals surface area (Å²) in [5.41, 5.74) is 14.1. The molecule has 0 fully saturated rings. The third-order valence-corrected chi connectivity index (χ3v) is 2.83. The Morgan fingerprint density at radius 3 is 3.13 bits per heavy atom. The smallest absolute Gasteiger partial charge is 0.129 e. The minimum Gasteiger partial charge on any atom is -0.383 e. The van der Waals surface area contributed by atoms with Gasteiger partial charge in [0.1, 0.15) is 11.7 Å². The van der Waals surface area contributed by atoms with E-state index in [-0.39, 0.29) is 0 Å². The van der Waals surface area contributed by atoms with Crippen LogP contribution in [0.2, 0.25) is 0 Å². The molecule has 0 bridgehead atoms. The molecule has 1 aliphatic rings. The van der Waals surface area contributed by atoms with Crippen LogP contribution in [0.4, 0.5) is 5.82 Å². The maximum Gasteiger partial charge on any atom is 0.129 e. The van der Waals surface area contributed by atoms with E-state index in [0.717, 1.165) is 24.3 Å². The quantitative estimate of drug-likeness (QED) is 0.553. The van der Waals surface area contributed by atoms with Gasteiger partial charge in [0, 0.05) is 25.7 Å². The van der Waals surface area contributed by atoms with Crippen LogP contribution in [0.25, 0.3) is 0 Å². The van der Waals surface area contributed by atoms with Crippen LogP contribution in [0.1, 0.15) is 30.4 Å². The Hall–Kier alpha value is -1.49. The van der Waals surface area contributed by atoms with Crippen molar-refractivity contribution in [2.45, 2.75) is 19.3 Å². The van der Waals surface area contributed by atoms with Crippen molar-refractivity contribution in [2.24, 2.45) is 10.7 Å². The highest BCUT2D eigenvalue weighted by Gasteiger charge is 2.24. The van der Waals surface area contributed by atoms with Gasteiger partial charge in [-0.1, -0.05) is 6.92 Å². The summed E-state index contributed by atoms with van der Waals surface area (Å²) < 4.78 is 0. The number of hydrogen-bond acceptors (Lipinski definition) is 4. The predicted molar refractivity (Wildman–Crippen MR) is 62.1 cm³/mol. The number of nitrogens with one attached hydrogen (secondary N) is 3. The van der Waals surface area contributed by atoms with Gasteiger partial charge >= 0.3 is 0 Å². The van der Waals surface area contributed by atoms with E-state index in [1.807, 2.05) is 13.2 Å². The average Bonchev–Trinajstić information content (AvgIpc) is 2.64. The summed E-state index contributed by atoms with van der Waals surface area (Å²) in [6.45, 7) is 2.97. The molecule has 0 spiro atoms. The molecule has 1 aromatic rings. The van der Waals surface area contributed by atoms with Crippen LogP contribution in [-0.4, -0.2) is 24.4 Å². The number of anilines is 1. The Kier molecular flexibility index (Phi) is 2.64. The van der Waals surface area contributed by atoms with E-state index in [0.29, 0.717) is 11.8 Å². The molecule has 5 heteroatoms. The van der Waals surface area contributed by atoms with Crippen molar-refractivity contribution in [1.29, 1.82) is 0 Å². The molecule has 0 aromatic carbocycles. The third kappa shape index (κ3) is 1.59. The maximum absolute atomic E-state index is 5.90. The molecular formula is C10H17N5. The standard InChI is InChI=1S/C10H17N5/c1-3-6-4-13-9(11)8-7(6)5-14-10(8)15-12-2/h5-6,12,14-15H,3-4H2,1-2H3,(H2,11,13)/t6-/m1/s1. The van der Waals surface area contributed by atoms with E-state index in [9.17, 15) is 0 Å². The Morgan fingerprint density at radius 1 is 1.67 bits per heavy atom. The van der Waals surface area contributed by atoms with Crippen molar-refractivity contribution in [3.63, 3.8) is 0 Å². The Balaban J connectivity index is 2.42. The molecule has 2 rings (SSSR count). The number of nitrogens with zero attached hydrogens (tertiary/aromatic N) is 1. The molecule has 1 atom stereocenters. The molecule has 0 amide bonds. The predicted octanol–water partition coefficient (Wildman–Crippen LogP) is 0.774. The molecule has 0 saturated heterocycles. The molecule has 1 aliphatic heterocycles. The lowest BCUT2D eigenvalue weighted by Crippen LogP contribution is -2.25. The Morgan fingerprint density at radius 2 is 2.47 bits per heavy atom. The number of fused-ring (bicyclic) bond motifs is 1. The van der Waals surface area contributed by atoms with Crippen LogP contribution < -0.4 is 16.6 Å². The largest absolute Gasteiger partial charge is 0.383 e. The highest BCUT2D eigenvalue weighted by Crippen LogP contribution is 2.31. The molecule has 1 aromatic heterocycles. The fourth-order valence-corrected chi connectivity index (χ4v) is 2.00. The van der Waals surface area contributed by atoms with E-state index in [1.165, 1.54) is 5.56 Å². The van der Waals surface area contributed by atoms with Crippen molar-refractivity contribution in [3.05, 3.63) is 17.3 Å². The van der Waals surface area contributed by atoms with E-state index in [4.69, 9.17) is 5.73 Å². The number of aromatic amines is 1. The molecule has 15 heavy (non-hydrogen) atoms.